The van der Waals surface area contributed by atoms with Crippen molar-refractivity contribution in [3.8, 4) is 0 Å². The Morgan fingerprint density at radius 3 is 2.11 bits per heavy atom. The summed E-state index contributed by atoms with van der Waals surface area (Å²) < 4.78 is 0. The van der Waals surface area contributed by atoms with Crippen molar-refractivity contribution in [1.82, 2.24) is 9.80 Å². The van der Waals surface area contributed by atoms with E-state index in [0.29, 0.717) is 23.2 Å². The van der Waals surface area contributed by atoms with E-state index >= 15 is 0 Å². The van der Waals surface area contributed by atoms with E-state index in [1.165, 1.54) is 44.1 Å². The van der Waals surface area contributed by atoms with Crippen LogP contribution in [-0.2, 0) is 11.3 Å². The lowest BCUT2D eigenvalue weighted by Gasteiger charge is -2.65. The van der Waals surface area contributed by atoms with Gasteiger partial charge in [-0.25, -0.2) is 0 Å². The molecule has 4 atom stereocenters. The summed E-state index contributed by atoms with van der Waals surface area (Å²) in [5.74, 6) is 1.38. The Bertz CT molecular complexity index is 718. The lowest BCUT2D eigenvalue weighted by Crippen LogP contribution is -2.59. The second-order valence-corrected chi connectivity index (χ2v) is 11.4. The van der Waals surface area contributed by atoms with Crippen LogP contribution in [-0.4, -0.2) is 48.3 Å². The number of rotatable bonds is 5. The van der Waals surface area contributed by atoms with Crippen molar-refractivity contribution < 1.29 is 4.79 Å². The molecule has 152 valence electrons. The lowest BCUT2D eigenvalue weighted by atomic mass is 9.39. The molecule has 0 aromatic heterocycles. The van der Waals surface area contributed by atoms with E-state index in [0.717, 1.165) is 38.6 Å². The highest BCUT2D eigenvalue weighted by atomic mass is 16.1. The Morgan fingerprint density at radius 2 is 1.50 bits per heavy atom. The Labute approximate surface area is 170 Å². The summed E-state index contributed by atoms with van der Waals surface area (Å²) in [7, 11) is 0. The molecule has 5 fully saturated rings. The first kappa shape index (κ1) is 18.8. The molecule has 28 heavy (non-hydrogen) atoms. The van der Waals surface area contributed by atoms with Crippen molar-refractivity contribution >= 4 is 5.78 Å². The van der Waals surface area contributed by atoms with Gasteiger partial charge >= 0.3 is 0 Å². The number of carbonyl (C=O) groups is 1. The normalized spacial score (nSPS) is 40.7. The van der Waals surface area contributed by atoms with Gasteiger partial charge in [0.25, 0.3) is 0 Å². The Balaban J connectivity index is 1.19. The molecule has 1 heterocycles. The summed E-state index contributed by atoms with van der Waals surface area (Å²) >= 11 is 0. The van der Waals surface area contributed by atoms with Gasteiger partial charge < -0.3 is 0 Å². The van der Waals surface area contributed by atoms with Gasteiger partial charge in [0.2, 0.25) is 0 Å². The van der Waals surface area contributed by atoms with E-state index < -0.39 is 0 Å². The van der Waals surface area contributed by atoms with Crippen molar-refractivity contribution in [3.63, 3.8) is 0 Å². The molecule has 5 aliphatic rings. The summed E-state index contributed by atoms with van der Waals surface area (Å²) in [4.78, 5) is 18.5. The van der Waals surface area contributed by atoms with Gasteiger partial charge in [0.05, 0.1) is 6.54 Å². The Hall–Kier alpha value is -1.19. The Kier molecular flexibility index (Phi) is 4.48. The molecule has 3 heteroatoms. The van der Waals surface area contributed by atoms with Crippen molar-refractivity contribution in [3.05, 3.63) is 35.9 Å². The number of benzene rings is 1. The van der Waals surface area contributed by atoms with Crippen LogP contribution in [0.5, 0.6) is 0 Å². The zero-order valence-corrected chi connectivity index (χ0v) is 17.8. The third-order valence-corrected chi connectivity index (χ3v) is 8.30. The van der Waals surface area contributed by atoms with Crippen LogP contribution in [0.4, 0.5) is 0 Å². The van der Waals surface area contributed by atoms with Crippen LogP contribution in [0.2, 0.25) is 0 Å². The predicted molar refractivity (Wildman–Crippen MR) is 113 cm³/mol. The third kappa shape index (κ3) is 3.45. The first-order valence-corrected chi connectivity index (χ1v) is 11.4. The number of ketones is 1. The summed E-state index contributed by atoms with van der Waals surface area (Å²) in [5, 5.41) is 0. The molecule has 1 saturated heterocycles. The molecule has 1 aromatic rings. The molecular weight excluding hydrogens is 344 g/mol. The summed E-state index contributed by atoms with van der Waals surface area (Å²) in [6, 6.07) is 10.8. The van der Waals surface area contributed by atoms with Gasteiger partial charge in [-0.3, -0.25) is 14.6 Å². The minimum absolute atomic E-state index is 0.00406. The minimum atomic E-state index is 0.00406. The van der Waals surface area contributed by atoms with E-state index in [-0.39, 0.29) is 5.41 Å². The zero-order chi connectivity index (χ0) is 19.4. The number of carbonyl (C=O) groups excluding carboxylic acids is 1. The molecule has 1 aliphatic heterocycles. The maximum Gasteiger partial charge on any atom is 0.153 e. The molecule has 6 rings (SSSR count). The minimum Gasteiger partial charge on any atom is -0.298 e. The SMILES string of the molecule is C[C@]12CC3CC(C(=O)CN4CCN(Cc5ccccc5)CC4)(C1)C[C@@](C)(C3)C2. The fourth-order valence-electron chi connectivity index (χ4n) is 8.08. The summed E-state index contributed by atoms with van der Waals surface area (Å²) in [6.45, 7) is 10.9. The van der Waals surface area contributed by atoms with Gasteiger partial charge in [-0.1, -0.05) is 44.2 Å². The fourth-order valence-corrected chi connectivity index (χ4v) is 8.08. The highest BCUT2D eigenvalue weighted by molar-refractivity contribution is 5.87. The maximum atomic E-state index is 13.6. The second kappa shape index (κ2) is 6.67. The molecule has 0 radical (unpaired) electrons. The zero-order valence-electron chi connectivity index (χ0n) is 17.8. The Morgan fingerprint density at radius 1 is 0.893 bits per heavy atom. The number of hydrogen-bond donors (Lipinski definition) is 0. The van der Waals surface area contributed by atoms with Crippen LogP contribution in [0, 0.1) is 22.2 Å². The summed E-state index contributed by atoms with van der Waals surface area (Å²) in [6.07, 6.45) is 7.61. The summed E-state index contributed by atoms with van der Waals surface area (Å²) in [5.41, 5.74) is 2.25. The molecule has 0 amide bonds. The molecule has 0 N–H and O–H groups in total. The standard InChI is InChI=1S/C25H36N2O/c1-23-12-21-13-24(2,17-23)19-25(14-21,18-23)22(28)16-27-10-8-26(9-11-27)15-20-6-4-3-5-7-20/h3-7,21H,8-19H2,1-2H3/t21?,23-,24+,25?. The van der Waals surface area contributed by atoms with E-state index in [2.05, 4.69) is 54.0 Å². The fraction of sp³-hybridized carbons (Fsp3) is 0.720. The van der Waals surface area contributed by atoms with E-state index in [1.54, 1.807) is 0 Å². The predicted octanol–water partition coefficient (Wildman–Crippen LogP) is 4.37. The smallest absolute Gasteiger partial charge is 0.153 e. The first-order valence-electron chi connectivity index (χ1n) is 11.4. The van der Waals surface area contributed by atoms with Crippen LogP contribution >= 0.6 is 0 Å². The monoisotopic (exact) mass is 380 g/mol. The van der Waals surface area contributed by atoms with Gasteiger partial charge in [0.1, 0.15) is 0 Å². The number of nitrogens with zero attached hydrogens (tertiary/aromatic N) is 2. The average molecular weight is 381 g/mol. The van der Waals surface area contributed by atoms with E-state index in [4.69, 9.17) is 0 Å². The van der Waals surface area contributed by atoms with Crippen LogP contribution in [0.1, 0.15) is 57.9 Å². The first-order chi connectivity index (χ1) is 13.4. The molecule has 1 aromatic carbocycles. The van der Waals surface area contributed by atoms with Gasteiger partial charge in [-0.05, 0) is 60.8 Å². The maximum absolute atomic E-state index is 13.6. The highest BCUT2D eigenvalue weighted by Gasteiger charge is 2.62. The van der Waals surface area contributed by atoms with Gasteiger partial charge in [0.15, 0.2) is 5.78 Å². The molecule has 3 nitrogen and oxygen atoms in total. The largest absolute Gasteiger partial charge is 0.298 e. The van der Waals surface area contributed by atoms with Gasteiger partial charge in [-0.2, -0.15) is 0 Å². The van der Waals surface area contributed by atoms with Crippen LogP contribution in [0.25, 0.3) is 0 Å². The van der Waals surface area contributed by atoms with E-state index in [1.807, 2.05) is 0 Å². The number of piperazine rings is 1. The molecule has 0 spiro atoms. The number of Topliss-reactive ketones (excluding diaryl/α,β-unsaturated/α-hetero) is 1. The van der Waals surface area contributed by atoms with Crippen molar-refractivity contribution in [2.75, 3.05) is 32.7 Å². The van der Waals surface area contributed by atoms with Crippen molar-refractivity contribution in [1.29, 1.82) is 0 Å². The number of hydrogen-bond acceptors (Lipinski definition) is 3. The third-order valence-electron chi connectivity index (χ3n) is 8.30. The van der Waals surface area contributed by atoms with Crippen molar-refractivity contribution in [2.24, 2.45) is 22.2 Å². The molecule has 4 saturated carbocycles. The lowest BCUT2D eigenvalue weighted by molar-refractivity contribution is -0.169. The molecular formula is C25H36N2O. The van der Waals surface area contributed by atoms with Crippen LogP contribution < -0.4 is 0 Å². The van der Waals surface area contributed by atoms with E-state index in [9.17, 15) is 4.79 Å². The van der Waals surface area contributed by atoms with Crippen LogP contribution in [0.15, 0.2) is 30.3 Å². The molecule has 4 bridgehead atoms. The van der Waals surface area contributed by atoms with Gasteiger partial charge in [-0.15, -0.1) is 0 Å². The van der Waals surface area contributed by atoms with Crippen molar-refractivity contribution in [2.45, 2.75) is 58.9 Å². The molecule has 2 unspecified atom stereocenters. The second-order valence-electron chi connectivity index (χ2n) is 11.4. The quantitative estimate of drug-likeness (QED) is 0.758. The topological polar surface area (TPSA) is 23.6 Å². The molecule has 4 aliphatic carbocycles. The average Bonchev–Trinajstić information content (AvgIpc) is 2.61. The van der Waals surface area contributed by atoms with Crippen LogP contribution in [0.3, 0.4) is 0 Å². The highest BCUT2D eigenvalue weighted by Crippen LogP contribution is 2.69. The van der Waals surface area contributed by atoms with Gasteiger partial charge in [0, 0.05) is 38.1 Å².